The molecule has 5 amide bonds. The number of amides is 5. The summed E-state index contributed by atoms with van der Waals surface area (Å²) in [5, 5.41) is 3.01. The highest BCUT2D eigenvalue weighted by Gasteiger charge is 2.49. The van der Waals surface area contributed by atoms with Gasteiger partial charge in [-0.05, 0) is 60.8 Å². The molecule has 40 heavy (non-hydrogen) atoms. The Bertz CT molecular complexity index is 1150. The number of carbonyl (C=O) groups excluding carboxylic acids is 4. The molecular formula is C22H36N6O11S. The van der Waals surface area contributed by atoms with Crippen molar-refractivity contribution in [2.75, 3.05) is 19.6 Å². The number of aliphatic imine (C=N–C) groups is 1. The van der Waals surface area contributed by atoms with Crippen molar-refractivity contribution in [3.05, 3.63) is 0 Å². The zero-order valence-corrected chi connectivity index (χ0v) is 24.0. The standard InChI is InChI=1S/C22H36N6O11S/c1-21(2,3)36-18(30)23-17(24-19(31)37-22(4,5)6)26-10-9-14(12-26)38-25-16(29)15-8-7-13-11-27(15)20(32)28(13)39-40(33,34)35/h13-15H,7-12H2,1-6H3,(H,25,29)(H,33,34,35)(H,23,24,30,31)/t13-,14-,15-/m0/s1. The number of hydrogen-bond donors (Lipinski definition) is 3. The second kappa shape index (κ2) is 11.7. The third-order valence-corrected chi connectivity index (χ3v) is 6.12. The second-order valence-corrected chi connectivity index (χ2v) is 12.5. The molecule has 0 spiro atoms. The molecule has 0 aromatic carbocycles. The van der Waals surface area contributed by atoms with Crippen molar-refractivity contribution in [2.45, 2.75) is 90.2 Å². The molecule has 226 valence electrons. The first kappa shape index (κ1) is 31.3. The van der Waals surface area contributed by atoms with Gasteiger partial charge in [-0.1, -0.05) is 0 Å². The van der Waals surface area contributed by atoms with Crippen LogP contribution in [0.25, 0.3) is 0 Å². The fraction of sp³-hybridized carbons (Fsp3) is 0.773. The summed E-state index contributed by atoms with van der Waals surface area (Å²) in [7, 11) is -4.91. The Morgan fingerprint density at radius 3 is 2.25 bits per heavy atom. The number of urea groups is 1. The van der Waals surface area contributed by atoms with Gasteiger partial charge in [0.25, 0.3) is 5.91 Å². The molecule has 3 fully saturated rings. The van der Waals surface area contributed by atoms with Crippen LogP contribution >= 0.6 is 0 Å². The number of hydroxylamine groups is 3. The molecule has 18 heteroatoms. The quantitative estimate of drug-likeness (QED) is 0.176. The van der Waals surface area contributed by atoms with Crippen LogP contribution in [-0.4, -0.2) is 107 Å². The minimum absolute atomic E-state index is 0.0322. The van der Waals surface area contributed by atoms with Crippen molar-refractivity contribution in [3.63, 3.8) is 0 Å². The van der Waals surface area contributed by atoms with E-state index >= 15 is 0 Å². The topological polar surface area (TPSA) is 206 Å². The molecule has 17 nitrogen and oxygen atoms in total. The van der Waals surface area contributed by atoms with Crippen LogP contribution in [0.3, 0.4) is 0 Å². The van der Waals surface area contributed by atoms with Gasteiger partial charge in [0, 0.05) is 19.6 Å². The van der Waals surface area contributed by atoms with Gasteiger partial charge in [-0.3, -0.25) is 19.5 Å². The largest absolute Gasteiger partial charge is 0.444 e. The van der Waals surface area contributed by atoms with Gasteiger partial charge >= 0.3 is 28.6 Å². The second-order valence-electron chi connectivity index (χ2n) is 11.5. The van der Waals surface area contributed by atoms with Crippen molar-refractivity contribution >= 4 is 40.5 Å². The third-order valence-electron chi connectivity index (χ3n) is 5.77. The van der Waals surface area contributed by atoms with Gasteiger partial charge < -0.3 is 19.3 Å². The number of hydrogen-bond acceptors (Lipinski definition) is 10. The van der Waals surface area contributed by atoms with Crippen molar-refractivity contribution in [2.24, 2.45) is 4.99 Å². The molecule has 0 unspecified atom stereocenters. The maximum Gasteiger partial charge on any atom is 0.437 e. The molecule has 2 bridgehead atoms. The van der Waals surface area contributed by atoms with Crippen LogP contribution in [0.4, 0.5) is 14.4 Å². The lowest BCUT2D eigenvalue weighted by Gasteiger charge is -2.29. The number of alkyl carbamates (subject to hydrolysis) is 1. The molecule has 0 aliphatic carbocycles. The zero-order valence-electron chi connectivity index (χ0n) is 23.2. The zero-order chi connectivity index (χ0) is 30.0. The first-order valence-corrected chi connectivity index (χ1v) is 14.0. The first-order chi connectivity index (χ1) is 18.3. The smallest absolute Gasteiger partial charge is 0.437 e. The lowest BCUT2D eigenvalue weighted by atomic mass is 10.0. The Labute approximate surface area is 232 Å². The van der Waals surface area contributed by atoms with Gasteiger partial charge in [0.05, 0.1) is 6.04 Å². The number of guanidine groups is 1. The van der Waals surface area contributed by atoms with Crippen LogP contribution < -0.4 is 10.8 Å². The van der Waals surface area contributed by atoms with E-state index in [9.17, 15) is 27.6 Å². The molecule has 0 radical (unpaired) electrons. The van der Waals surface area contributed by atoms with Gasteiger partial charge in [-0.2, -0.15) is 13.5 Å². The van der Waals surface area contributed by atoms with E-state index in [1.54, 1.807) is 46.4 Å². The minimum atomic E-state index is -4.91. The van der Waals surface area contributed by atoms with Gasteiger partial charge in [0.15, 0.2) is 0 Å². The highest BCUT2D eigenvalue weighted by atomic mass is 32.3. The number of rotatable bonds is 5. The monoisotopic (exact) mass is 592 g/mol. The summed E-state index contributed by atoms with van der Waals surface area (Å²) in [6.07, 6.45) is -1.47. The highest BCUT2D eigenvalue weighted by Crippen LogP contribution is 2.30. The predicted octanol–water partition coefficient (Wildman–Crippen LogP) is 0.927. The van der Waals surface area contributed by atoms with Crippen LogP contribution in [0.2, 0.25) is 0 Å². The molecule has 3 saturated heterocycles. The van der Waals surface area contributed by atoms with E-state index in [2.05, 4.69) is 20.1 Å². The SMILES string of the molecule is CC(C)(C)OC(=O)/N=C(/NC(=O)OC(C)(C)C)N1CC[C@H](ONC(=O)[C@@H]2CC[C@H]3CN2C(=O)N3OS(=O)(=O)O)C1. The summed E-state index contributed by atoms with van der Waals surface area (Å²) in [6, 6.07) is -2.46. The number of fused-ring (bicyclic) bond motifs is 2. The van der Waals surface area contributed by atoms with Crippen LogP contribution in [0.5, 0.6) is 0 Å². The summed E-state index contributed by atoms with van der Waals surface area (Å²) in [6.45, 7) is 10.5. The van der Waals surface area contributed by atoms with E-state index in [0.29, 0.717) is 18.0 Å². The van der Waals surface area contributed by atoms with Crippen LogP contribution in [-0.2, 0) is 33.8 Å². The van der Waals surface area contributed by atoms with E-state index in [-0.39, 0.29) is 31.9 Å². The summed E-state index contributed by atoms with van der Waals surface area (Å²) >= 11 is 0. The first-order valence-electron chi connectivity index (χ1n) is 12.6. The van der Waals surface area contributed by atoms with E-state index in [0.717, 1.165) is 4.90 Å². The van der Waals surface area contributed by atoms with Gasteiger partial charge in [-0.15, -0.1) is 9.28 Å². The average Bonchev–Trinajstić information content (AvgIpc) is 3.33. The van der Waals surface area contributed by atoms with Gasteiger partial charge in [0.2, 0.25) is 5.96 Å². The number of likely N-dealkylation sites (tertiary alicyclic amines) is 1. The molecule has 3 rings (SSSR count). The number of nitrogens with one attached hydrogen (secondary N) is 2. The lowest BCUT2D eigenvalue weighted by molar-refractivity contribution is -0.143. The number of nitrogens with zero attached hydrogens (tertiary/aromatic N) is 4. The van der Waals surface area contributed by atoms with Gasteiger partial charge in [-0.25, -0.2) is 19.9 Å². The average molecular weight is 593 g/mol. The van der Waals surface area contributed by atoms with E-state index in [4.69, 9.17) is 18.9 Å². The Hall–Kier alpha value is -3.22. The molecule has 3 heterocycles. The number of piperidine rings is 1. The molecular weight excluding hydrogens is 556 g/mol. The summed E-state index contributed by atoms with van der Waals surface area (Å²) in [5.41, 5.74) is 0.720. The van der Waals surface area contributed by atoms with Gasteiger partial charge in [0.1, 0.15) is 23.3 Å². The van der Waals surface area contributed by atoms with Crippen molar-refractivity contribution in [1.82, 2.24) is 25.7 Å². The molecule has 3 N–H and O–H groups in total. The number of carbonyl (C=O) groups is 4. The van der Waals surface area contributed by atoms with Crippen LogP contribution in [0.15, 0.2) is 4.99 Å². The summed E-state index contributed by atoms with van der Waals surface area (Å²) in [4.78, 5) is 62.2. The van der Waals surface area contributed by atoms with Crippen LogP contribution in [0, 0.1) is 0 Å². The fourth-order valence-corrected chi connectivity index (χ4v) is 4.66. The van der Waals surface area contributed by atoms with Crippen molar-refractivity contribution < 1.29 is 50.7 Å². The maximum atomic E-state index is 12.8. The molecule has 3 aliphatic rings. The molecule has 0 aromatic rings. The molecule has 3 aliphatic heterocycles. The van der Waals surface area contributed by atoms with Crippen molar-refractivity contribution in [3.8, 4) is 0 Å². The van der Waals surface area contributed by atoms with E-state index in [1.165, 1.54) is 0 Å². The number of ether oxygens (including phenoxy) is 2. The Kier molecular flexibility index (Phi) is 9.17. The van der Waals surface area contributed by atoms with Crippen molar-refractivity contribution in [1.29, 1.82) is 0 Å². The highest BCUT2D eigenvalue weighted by molar-refractivity contribution is 7.80. The Morgan fingerprint density at radius 1 is 1.00 bits per heavy atom. The Balaban J connectivity index is 1.59. The van der Waals surface area contributed by atoms with Crippen LogP contribution in [0.1, 0.15) is 60.8 Å². The normalized spacial score (nSPS) is 23.8. The minimum Gasteiger partial charge on any atom is -0.444 e. The van der Waals surface area contributed by atoms with E-state index < -0.39 is 63.9 Å². The molecule has 0 saturated carbocycles. The summed E-state index contributed by atoms with van der Waals surface area (Å²) in [5.74, 6) is -0.741. The predicted molar refractivity (Wildman–Crippen MR) is 136 cm³/mol. The molecule has 3 atom stereocenters. The Morgan fingerprint density at radius 2 is 1.65 bits per heavy atom. The maximum absolute atomic E-state index is 12.8. The third kappa shape index (κ3) is 8.90. The van der Waals surface area contributed by atoms with E-state index in [1.807, 2.05) is 0 Å². The summed E-state index contributed by atoms with van der Waals surface area (Å²) < 4.78 is 45.9. The molecule has 0 aromatic heterocycles. The lowest BCUT2D eigenvalue weighted by Crippen LogP contribution is -2.50. The fourth-order valence-electron chi connectivity index (χ4n) is 4.27.